The SMILES string of the molecule is C.C.C.COc1cc2c(cc1OC(=O)C(F)(F)F)CCN[C@]21CS[C@@H]2c3c(OC(C)=O)c(C)c4c(c3[C@H](COC1=O)N1C2[C@H]2c3c(cc(C)c(OC)c3O)C[C@@H]([C@@H]1C#N)N2C)OCO4.COc1cc2c(cc1OC(=O)C(F)(F)F)CCN[C@]21CS[C@@H]2c3c(OC(C)=O)c(C)c4c(c3[C@H](COC1=O)N1C2[C@H]2c3c(cc(C)c(OC)c3O)C[C@@H]([C@@H]1O)N2C)OCO4. The van der Waals surface area contributed by atoms with Gasteiger partial charge in [0.1, 0.15) is 37.0 Å². The fourth-order valence-corrected chi connectivity index (χ4v) is 24.0. The number of aromatic hydroxyl groups is 2. The maximum absolute atomic E-state index is 14.9. The van der Waals surface area contributed by atoms with Crippen molar-refractivity contribution in [3.8, 4) is 86.6 Å². The molecule has 0 radical (unpaired) electrons. The molecule has 2 unspecified atom stereocenters. The zero-order chi connectivity index (χ0) is 86.2. The number of piperazine rings is 2. The Bertz CT molecular complexity index is 5480. The number of ether oxygens (including phenoxy) is 14. The first-order chi connectivity index (χ1) is 57.6. The summed E-state index contributed by atoms with van der Waals surface area (Å²) in [4.78, 5) is 87.6. The van der Waals surface area contributed by atoms with Gasteiger partial charge < -0.3 is 81.6 Å². The molecule has 6 aromatic rings. The van der Waals surface area contributed by atoms with Crippen LogP contribution in [0.25, 0.3) is 0 Å². The normalized spacial score (nSPS) is 27.0. The van der Waals surface area contributed by atoms with Crippen molar-refractivity contribution in [2.24, 2.45) is 0 Å². The van der Waals surface area contributed by atoms with E-state index in [1.54, 1.807) is 13.8 Å². The molecule has 0 saturated carbocycles. The molecule has 30 nitrogen and oxygen atoms in total. The minimum Gasteiger partial charge on any atom is -0.504 e. The highest BCUT2D eigenvalue weighted by atomic mass is 32.2. The Morgan fingerprint density at radius 1 is 0.524 bits per heavy atom. The molecule has 20 rings (SSSR count). The Kier molecular flexibility index (Phi) is 23.8. The Morgan fingerprint density at radius 3 is 1.31 bits per heavy atom. The standard InChI is InChI=1S/C42H41F3N4O11S.C41H42F3N3O12S.3CH4/c1-17-9-21-10-23-24(13-46)49-25-14-56-39(52)41(22-12-26(54-5)27(11-20(22)7-8-47-41)60-40(53)42(43,44)45)15-61-38(32(49)31(48(23)4)28(21)33(51)34(17)55-6)30-29(25)37-36(57-16-58-37)18(2)35(30)59-19(3)50;1-16-9-20-10-22-37(50)47-23-13-55-38(51)40(21-12-24(53-5)25(11-19(21)7-8-45-40)59-39(52)41(42,43)44)14-60-36(30(47)29(46(22)4)26(20)31(49)32(16)54-6)28-27(23)35-34(56-15-57-35)17(2)33(28)58-18(3)48;;;/h9,11-12,23-25,31-32,38,47,51H,7-8,10,14-16H2,1-6H3;9,11-12,22-23,29-30,36-37,45,49-50H,7-8,10,13-15H2,1-6H3;3*1H4/t23-,24-,25-,31+,32?,38+,41+;22-,23-,29+,30?,36+,37-,40+;;;/m00.../s1. The van der Waals surface area contributed by atoms with E-state index in [9.17, 15) is 75.7 Å². The number of hydrogen-bond donors (Lipinski definition) is 5. The van der Waals surface area contributed by atoms with Crippen molar-refractivity contribution in [3.63, 3.8) is 0 Å². The third kappa shape index (κ3) is 13.7. The Morgan fingerprint density at radius 2 is 0.919 bits per heavy atom. The van der Waals surface area contributed by atoms with E-state index in [4.69, 9.17) is 66.3 Å². The summed E-state index contributed by atoms with van der Waals surface area (Å²) in [7, 11) is 9.17. The molecule has 38 heteroatoms. The molecule has 0 aliphatic carbocycles. The number of carbonyl (C=O) groups is 6. The van der Waals surface area contributed by atoms with Crippen molar-refractivity contribution in [2.45, 2.75) is 184 Å². The lowest BCUT2D eigenvalue weighted by Gasteiger charge is -2.62. The largest absolute Gasteiger partial charge is 0.504 e. The number of phenols is 2. The van der Waals surface area contributed by atoms with E-state index in [0.717, 1.165) is 22.3 Å². The molecule has 4 fully saturated rings. The number of nitrogens with zero attached hydrogens (tertiary/aromatic N) is 5. The lowest BCUT2D eigenvalue weighted by atomic mass is 9.71. The van der Waals surface area contributed by atoms with Crippen molar-refractivity contribution in [1.29, 1.82) is 5.26 Å². The Balaban J connectivity index is 0.000000197. The van der Waals surface area contributed by atoms with Crippen molar-refractivity contribution in [1.82, 2.24) is 30.2 Å². The summed E-state index contributed by atoms with van der Waals surface area (Å²) in [6, 6.07) is 5.79. The Hall–Kier alpha value is -10.4. The molecule has 8 bridgehead atoms. The molecule has 6 aromatic carbocycles. The second-order valence-corrected chi connectivity index (χ2v) is 34.0. The van der Waals surface area contributed by atoms with Gasteiger partial charge in [-0.1, -0.05) is 34.4 Å². The number of phenolic OH excluding ortho intramolecular Hbond substituents is 2. The van der Waals surface area contributed by atoms with Gasteiger partial charge >= 0.3 is 48.2 Å². The number of aryl methyl sites for hydroxylation is 2. The first-order valence-electron chi connectivity index (χ1n) is 38.8. The predicted octanol–water partition coefficient (Wildman–Crippen LogP) is 10.8. The summed E-state index contributed by atoms with van der Waals surface area (Å²) < 4.78 is 161. The summed E-state index contributed by atoms with van der Waals surface area (Å²) in [5.74, 6) is -6.56. The number of hydrogen-bond acceptors (Lipinski definition) is 32. The summed E-state index contributed by atoms with van der Waals surface area (Å²) in [5.41, 5.74) is 5.77. The van der Waals surface area contributed by atoms with Gasteiger partial charge in [-0.15, -0.1) is 23.5 Å². The van der Waals surface area contributed by atoms with Gasteiger partial charge in [0.15, 0.2) is 80.1 Å². The summed E-state index contributed by atoms with van der Waals surface area (Å²) in [6.07, 6.45) is -10.4. The van der Waals surface area contributed by atoms with Crippen LogP contribution in [0.4, 0.5) is 26.3 Å². The van der Waals surface area contributed by atoms with Crippen LogP contribution >= 0.6 is 23.5 Å². The number of nitrogens with one attached hydrogen (secondary N) is 2. The fraction of sp³-hybridized carbons (Fsp3) is 0.500. The zero-order valence-electron chi connectivity index (χ0n) is 67.2. The van der Waals surface area contributed by atoms with Crippen LogP contribution < -0.4 is 67.5 Å². The van der Waals surface area contributed by atoms with Gasteiger partial charge in [-0.25, -0.2) is 19.2 Å². The minimum absolute atomic E-state index is 0. The van der Waals surface area contributed by atoms with Crippen LogP contribution in [-0.4, -0.2) is 213 Å². The predicted molar refractivity (Wildman–Crippen MR) is 433 cm³/mol. The molecule has 4 saturated heterocycles. The van der Waals surface area contributed by atoms with Gasteiger partial charge in [-0.3, -0.25) is 39.8 Å². The molecular formula is C86H95F6N7O23S2. The number of likely N-dealkylation sites (N-methyl/N-ethyl adjacent to an activating group) is 2. The van der Waals surface area contributed by atoms with Crippen LogP contribution in [0, 0.1) is 39.0 Å². The number of rotatable bonds is 8. The van der Waals surface area contributed by atoms with Gasteiger partial charge in [0, 0.05) is 101 Å². The van der Waals surface area contributed by atoms with E-state index in [0.29, 0.717) is 114 Å². The van der Waals surface area contributed by atoms with E-state index < -0.39 is 136 Å². The number of halogens is 6. The number of aliphatic hydroxyl groups excluding tert-OH is 1. The maximum Gasteiger partial charge on any atom is 0.491 e. The molecule has 0 aromatic heterocycles. The van der Waals surface area contributed by atoms with Crippen LogP contribution in [0.2, 0.25) is 0 Å². The first-order valence-corrected chi connectivity index (χ1v) is 40.9. The second-order valence-electron chi connectivity index (χ2n) is 31.8. The highest BCUT2D eigenvalue weighted by Gasteiger charge is 2.65. The fourth-order valence-electron chi connectivity index (χ4n) is 20.6. The van der Waals surface area contributed by atoms with E-state index in [-0.39, 0.29) is 127 Å². The van der Waals surface area contributed by atoms with Gasteiger partial charge in [-0.05, 0) is 136 Å². The van der Waals surface area contributed by atoms with Crippen LogP contribution in [-0.2, 0) is 75.0 Å². The van der Waals surface area contributed by atoms with Gasteiger partial charge in [0.05, 0.1) is 75.2 Å². The number of aliphatic hydroxyl groups is 1. The van der Waals surface area contributed by atoms with Gasteiger partial charge in [-0.2, -0.15) is 31.6 Å². The molecule has 14 aliphatic heterocycles. The van der Waals surface area contributed by atoms with E-state index >= 15 is 0 Å². The average Bonchev–Trinajstić information content (AvgIpc) is 0.983. The Labute approximate surface area is 718 Å². The molecule has 14 aliphatic rings. The van der Waals surface area contributed by atoms with Crippen molar-refractivity contribution in [2.75, 3.05) is 93.9 Å². The summed E-state index contributed by atoms with van der Waals surface area (Å²) >= 11 is 2.63. The van der Waals surface area contributed by atoms with Gasteiger partial charge in [0.25, 0.3) is 0 Å². The van der Waals surface area contributed by atoms with Crippen molar-refractivity contribution >= 4 is 59.3 Å². The van der Waals surface area contributed by atoms with Crippen LogP contribution in [0.1, 0.15) is 160 Å². The lowest BCUT2D eigenvalue weighted by molar-refractivity contribution is -0.189. The van der Waals surface area contributed by atoms with Crippen LogP contribution in [0.3, 0.4) is 0 Å². The zero-order valence-corrected chi connectivity index (χ0v) is 68.8. The molecular weight excluding hydrogens is 1680 g/mol. The second kappa shape index (κ2) is 32.9. The molecule has 5 N–H and O–H groups in total. The van der Waals surface area contributed by atoms with Crippen molar-refractivity contribution < 1.29 is 137 Å². The van der Waals surface area contributed by atoms with Crippen molar-refractivity contribution in [3.05, 3.63) is 125 Å². The highest BCUT2D eigenvalue weighted by Crippen LogP contribution is 2.68. The minimum atomic E-state index is -5.28. The average molecular weight is 1770 g/mol. The maximum atomic E-state index is 14.9. The molecule has 666 valence electrons. The monoisotopic (exact) mass is 1770 g/mol. The molecule has 14 heterocycles. The smallest absolute Gasteiger partial charge is 0.491 e. The number of alkyl halides is 6. The van der Waals surface area contributed by atoms with Gasteiger partial charge in [0.2, 0.25) is 13.6 Å². The third-order valence-electron chi connectivity index (χ3n) is 25.5. The summed E-state index contributed by atoms with van der Waals surface area (Å²) in [6.45, 7) is 9.19. The third-order valence-corrected chi connectivity index (χ3v) is 28.5. The number of carbonyl (C=O) groups excluding carboxylic acids is 6. The molecule has 14 atom stereocenters. The quantitative estimate of drug-likeness (QED) is 0.0537. The number of thioether (sulfide) groups is 2. The molecule has 0 amide bonds. The van der Waals surface area contributed by atoms with E-state index in [1.165, 1.54) is 90.1 Å². The van der Waals surface area contributed by atoms with E-state index in [1.807, 2.05) is 49.9 Å². The van der Waals surface area contributed by atoms with E-state index in [2.05, 4.69) is 26.5 Å². The first kappa shape index (κ1) is 89.9. The number of fused-ring (bicyclic) bond motifs is 18. The summed E-state index contributed by atoms with van der Waals surface area (Å²) in [5, 5.41) is 53.1. The lowest BCUT2D eigenvalue weighted by Crippen LogP contribution is -2.70. The molecule has 124 heavy (non-hydrogen) atoms. The van der Waals surface area contributed by atoms with Crippen LogP contribution in [0.5, 0.6) is 80.5 Å². The number of methoxy groups -OCH3 is 4. The molecule has 2 spiro atoms. The number of esters is 6. The topological polar surface area (TPSA) is 353 Å². The van der Waals surface area contributed by atoms with Crippen LogP contribution in [0.15, 0.2) is 36.4 Å². The number of nitriles is 1. The highest BCUT2D eigenvalue weighted by molar-refractivity contribution is 7.99. The number of benzene rings is 6.